The summed E-state index contributed by atoms with van der Waals surface area (Å²) >= 11 is 6.02. The van der Waals surface area contributed by atoms with Crippen molar-refractivity contribution >= 4 is 38.5 Å². The summed E-state index contributed by atoms with van der Waals surface area (Å²) in [4.78, 5) is 4.07. The van der Waals surface area contributed by atoms with Crippen LogP contribution in [0.1, 0.15) is 24.1 Å². The summed E-state index contributed by atoms with van der Waals surface area (Å²) < 4.78 is 2.42. The van der Waals surface area contributed by atoms with E-state index in [1.807, 2.05) is 12.4 Å². The predicted octanol–water partition coefficient (Wildman–Crippen LogP) is 4.34. The molecule has 1 unspecified atom stereocenters. The highest BCUT2D eigenvalue weighted by Crippen LogP contribution is 2.27. The van der Waals surface area contributed by atoms with E-state index in [4.69, 9.17) is 0 Å². The van der Waals surface area contributed by atoms with Crippen molar-refractivity contribution in [1.82, 2.24) is 10.3 Å². The number of likely N-dealkylation sites (N-methyl/N-ethyl adjacent to an activating group) is 1. The second kappa shape index (κ2) is 7.36. The molecular weight excluding hydrogens is 415 g/mol. The van der Waals surface area contributed by atoms with E-state index < -0.39 is 0 Å². The quantitative estimate of drug-likeness (QED) is 0.713. The Bertz CT molecular complexity index is 531. The van der Waals surface area contributed by atoms with Gasteiger partial charge in [0.15, 0.2) is 0 Å². The fraction of sp³-hybridized carbons (Fsp3) is 0.267. The molecule has 2 nitrogen and oxygen atoms in total. The van der Waals surface area contributed by atoms with Gasteiger partial charge in [-0.15, -0.1) is 0 Å². The third-order valence-corrected chi connectivity index (χ3v) is 4.37. The van der Waals surface area contributed by atoms with E-state index in [0.717, 1.165) is 17.4 Å². The molecule has 1 aromatic carbocycles. The summed E-state index contributed by atoms with van der Waals surface area (Å²) in [6.45, 7) is 3.09. The van der Waals surface area contributed by atoms with Crippen LogP contribution in [0.4, 0.5) is 0 Å². The Kier molecular flexibility index (Phi) is 5.78. The van der Waals surface area contributed by atoms with Crippen molar-refractivity contribution in [3.63, 3.8) is 0 Å². The van der Waals surface area contributed by atoms with Crippen molar-refractivity contribution < 1.29 is 0 Å². The van der Waals surface area contributed by atoms with Crippen LogP contribution in [0.2, 0.25) is 0 Å². The number of nitrogens with zero attached hydrogens (tertiary/aromatic N) is 1. The molecule has 19 heavy (non-hydrogen) atoms. The van der Waals surface area contributed by atoms with E-state index in [1.54, 1.807) is 0 Å². The minimum absolute atomic E-state index is 0.316. The molecule has 2 rings (SSSR count). The Labute approximate surface area is 136 Å². The maximum atomic E-state index is 4.07. The molecule has 1 heterocycles. The Balaban J connectivity index is 2.27. The average Bonchev–Trinajstić information content (AvgIpc) is 2.42. The number of benzene rings is 1. The molecule has 0 fully saturated rings. The van der Waals surface area contributed by atoms with E-state index in [2.05, 4.69) is 86.1 Å². The van der Waals surface area contributed by atoms with Crippen LogP contribution in [-0.2, 0) is 6.42 Å². The van der Waals surface area contributed by atoms with Crippen molar-refractivity contribution in [2.24, 2.45) is 0 Å². The van der Waals surface area contributed by atoms with Gasteiger partial charge in [0.2, 0.25) is 0 Å². The molecule has 0 saturated heterocycles. The molecule has 0 amide bonds. The lowest BCUT2D eigenvalue weighted by atomic mass is 9.99. The molecule has 0 saturated carbocycles. The number of halogens is 2. The third-order valence-electron chi connectivity index (χ3n) is 2.97. The van der Waals surface area contributed by atoms with Gasteiger partial charge in [0, 0.05) is 26.5 Å². The van der Waals surface area contributed by atoms with Crippen LogP contribution in [0.15, 0.2) is 47.2 Å². The van der Waals surface area contributed by atoms with Gasteiger partial charge in [0.25, 0.3) is 0 Å². The fourth-order valence-electron chi connectivity index (χ4n) is 2.07. The van der Waals surface area contributed by atoms with Gasteiger partial charge >= 0.3 is 0 Å². The summed E-state index contributed by atoms with van der Waals surface area (Å²) in [5, 5.41) is 3.56. The van der Waals surface area contributed by atoms with E-state index in [-0.39, 0.29) is 0 Å². The highest BCUT2D eigenvalue weighted by Gasteiger charge is 2.14. The van der Waals surface area contributed by atoms with Crippen molar-refractivity contribution in [2.45, 2.75) is 19.4 Å². The molecule has 1 aromatic heterocycles. The lowest BCUT2D eigenvalue weighted by Gasteiger charge is -2.20. The number of aromatic nitrogens is 1. The molecule has 4 heteroatoms. The molecule has 1 N–H and O–H groups in total. The van der Waals surface area contributed by atoms with Crippen LogP contribution >= 0.6 is 38.5 Å². The molecule has 0 spiro atoms. The zero-order valence-electron chi connectivity index (χ0n) is 10.7. The monoisotopic (exact) mass is 430 g/mol. The minimum Gasteiger partial charge on any atom is -0.310 e. The summed E-state index contributed by atoms with van der Waals surface area (Å²) in [6, 6.07) is 10.9. The lowest BCUT2D eigenvalue weighted by Crippen LogP contribution is -2.23. The predicted molar refractivity (Wildman–Crippen MR) is 91.2 cm³/mol. The molecular formula is C15H16BrIN2. The van der Waals surface area contributed by atoms with Crippen LogP contribution in [-0.4, -0.2) is 11.5 Å². The number of hydrogen-bond donors (Lipinski definition) is 1. The van der Waals surface area contributed by atoms with Gasteiger partial charge in [0.05, 0.1) is 0 Å². The van der Waals surface area contributed by atoms with Crippen LogP contribution in [0, 0.1) is 3.57 Å². The van der Waals surface area contributed by atoms with Crippen molar-refractivity contribution in [3.8, 4) is 0 Å². The largest absolute Gasteiger partial charge is 0.310 e. The maximum absolute atomic E-state index is 4.07. The third kappa shape index (κ3) is 4.26. The van der Waals surface area contributed by atoms with Crippen LogP contribution in [0.3, 0.4) is 0 Å². The molecule has 0 aliphatic rings. The number of rotatable bonds is 5. The Morgan fingerprint density at radius 1 is 1.26 bits per heavy atom. The molecule has 0 aliphatic carbocycles. The summed E-state index contributed by atoms with van der Waals surface area (Å²) in [5.41, 5.74) is 2.61. The van der Waals surface area contributed by atoms with Gasteiger partial charge in [-0.05, 0) is 77.0 Å². The highest BCUT2D eigenvalue weighted by atomic mass is 127. The first-order chi connectivity index (χ1) is 9.20. The Morgan fingerprint density at radius 3 is 2.68 bits per heavy atom. The number of nitrogens with one attached hydrogen (secondary N) is 1. The van der Waals surface area contributed by atoms with E-state index >= 15 is 0 Å². The van der Waals surface area contributed by atoms with E-state index in [1.165, 1.54) is 14.7 Å². The standard InChI is InChI=1S/C15H16BrIN2/c1-2-19-15(9-11-5-7-18-8-6-11)13-10-12(17)3-4-14(13)16/h3-8,10,15,19H,2,9H2,1H3. The maximum Gasteiger partial charge on any atom is 0.0372 e. The SMILES string of the molecule is CCNC(Cc1ccncc1)c1cc(I)ccc1Br. The molecule has 0 bridgehead atoms. The van der Waals surface area contributed by atoms with Crippen molar-refractivity contribution in [3.05, 3.63) is 61.9 Å². The van der Waals surface area contributed by atoms with Crippen molar-refractivity contribution in [2.75, 3.05) is 6.54 Å². The first-order valence-electron chi connectivity index (χ1n) is 6.28. The van der Waals surface area contributed by atoms with Gasteiger partial charge in [0.1, 0.15) is 0 Å². The zero-order chi connectivity index (χ0) is 13.7. The van der Waals surface area contributed by atoms with E-state index in [9.17, 15) is 0 Å². The molecule has 100 valence electrons. The van der Waals surface area contributed by atoms with Crippen LogP contribution < -0.4 is 5.32 Å². The second-order valence-electron chi connectivity index (χ2n) is 4.34. The molecule has 0 radical (unpaired) electrons. The Hall–Kier alpha value is -0.460. The summed E-state index contributed by atoms with van der Waals surface area (Å²) in [5.74, 6) is 0. The first kappa shape index (κ1) is 14.9. The minimum atomic E-state index is 0.316. The summed E-state index contributed by atoms with van der Waals surface area (Å²) in [7, 11) is 0. The van der Waals surface area contributed by atoms with E-state index in [0.29, 0.717) is 6.04 Å². The number of hydrogen-bond acceptors (Lipinski definition) is 2. The second-order valence-corrected chi connectivity index (χ2v) is 6.44. The molecule has 2 aromatic rings. The summed E-state index contributed by atoms with van der Waals surface area (Å²) in [6.07, 6.45) is 4.67. The van der Waals surface area contributed by atoms with Gasteiger partial charge in [-0.1, -0.05) is 22.9 Å². The van der Waals surface area contributed by atoms with Crippen molar-refractivity contribution in [1.29, 1.82) is 0 Å². The first-order valence-corrected chi connectivity index (χ1v) is 8.15. The normalized spacial score (nSPS) is 12.4. The lowest BCUT2D eigenvalue weighted by molar-refractivity contribution is 0.547. The van der Waals surface area contributed by atoms with Crippen LogP contribution in [0.5, 0.6) is 0 Å². The number of pyridine rings is 1. The highest BCUT2D eigenvalue weighted by molar-refractivity contribution is 14.1. The van der Waals surface area contributed by atoms with Crippen LogP contribution in [0.25, 0.3) is 0 Å². The average molecular weight is 431 g/mol. The molecule has 0 aliphatic heterocycles. The topological polar surface area (TPSA) is 24.9 Å². The van der Waals surface area contributed by atoms with Gasteiger partial charge in [-0.2, -0.15) is 0 Å². The fourth-order valence-corrected chi connectivity index (χ4v) is 3.11. The van der Waals surface area contributed by atoms with Gasteiger partial charge in [-0.3, -0.25) is 4.98 Å². The Morgan fingerprint density at radius 2 is 2.00 bits per heavy atom. The van der Waals surface area contributed by atoms with Gasteiger partial charge < -0.3 is 5.32 Å². The smallest absolute Gasteiger partial charge is 0.0372 e. The zero-order valence-corrected chi connectivity index (χ0v) is 14.5. The molecule has 1 atom stereocenters. The van der Waals surface area contributed by atoms with Gasteiger partial charge in [-0.25, -0.2) is 0 Å².